The summed E-state index contributed by atoms with van der Waals surface area (Å²) in [6.07, 6.45) is -0.765. The predicted molar refractivity (Wildman–Crippen MR) is 104 cm³/mol. The number of rotatable bonds is 6. The molecule has 0 radical (unpaired) electrons. The summed E-state index contributed by atoms with van der Waals surface area (Å²) in [5, 5.41) is 6.54. The SMILES string of the molecule is CC(=O)Nc1ccccc1O[C@@H](C)C(=O)N[C@@H](C)c1ccc(Cl)cc1Cl. The van der Waals surface area contributed by atoms with Crippen molar-refractivity contribution in [2.24, 2.45) is 0 Å². The second kappa shape index (κ2) is 8.92. The molecule has 0 aliphatic carbocycles. The van der Waals surface area contributed by atoms with Gasteiger partial charge in [-0.3, -0.25) is 9.59 Å². The van der Waals surface area contributed by atoms with Gasteiger partial charge >= 0.3 is 0 Å². The minimum atomic E-state index is -0.765. The van der Waals surface area contributed by atoms with Gasteiger partial charge < -0.3 is 15.4 Å². The average molecular weight is 395 g/mol. The summed E-state index contributed by atoms with van der Waals surface area (Å²) in [4.78, 5) is 23.7. The highest BCUT2D eigenvalue weighted by Gasteiger charge is 2.20. The Kier molecular flexibility index (Phi) is 6.89. The molecule has 0 heterocycles. The monoisotopic (exact) mass is 394 g/mol. The summed E-state index contributed by atoms with van der Waals surface area (Å²) in [7, 11) is 0. The molecule has 0 unspecified atom stereocenters. The molecule has 0 saturated heterocycles. The normalized spacial score (nSPS) is 12.8. The summed E-state index contributed by atoms with van der Waals surface area (Å²) in [5.41, 5.74) is 1.27. The van der Waals surface area contributed by atoms with E-state index in [1.54, 1.807) is 49.4 Å². The molecular weight excluding hydrogens is 375 g/mol. The largest absolute Gasteiger partial charge is 0.479 e. The fourth-order valence-corrected chi connectivity index (χ4v) is 2.94. The lowest BCUT2D eigenvalue weighted by atomic mass is 10.1. The molecule has 2 N–H and O–H groups in total. The second-order valence-corrected chi connectivity index (χ2v) is 6.68. The van der Waals surface area contributed by atoms with Gasteiger partial charge in [0, 0.05) is 17.0 Å². The number of amides is 2. The summed E-state index contributed by atoms with van der Waals surface area (Å²) in [5.74, 6) is -0.104. The first-order valence-corrected chi connectivity index (χ1v) is 8.82. The lowest BCUT2D eigenvalue weighted by Gasteiger charge is -2.21. The van der Waals surface area contributed by atoms with Gasteiger partial charge in [-0.25, -0.2) is 0 Å². The van der Waals surface area contributed by atoms with Gasteiger partial charge in [-0.1, -0.05) is 41.4 Å². The molecule has 2 amide bonds. The number of halogens is 2. The summed E-state index contributed by atoms with van der Waals surface area (Å²) >= 11 is 12.1. The third kappa shape index (κ3) is 5.38. The number of ether oxygens (including phenoxy) is 1. The molecule has 5 nitrogen and oxygen atoms in total. The molecule has 26 heavy (non-hydrogen) atoms. The van der Waals surface area contributed by atoms with Crippen LogP contribution in [0.2, 0.25) is 10.0 Å². The van der Waals surface area contributed by atoms with Crippen LogP contribution >= 0.6 is 23.2 Å². The zero-order valence-electron chi connectivity index (χ0n) is 14.7. The van der Waals surface area contributed by atoms with E-state index in [-0.39, 0.29) is 17.9 Å². The lowest BCUT2D eigenvalue weighted by molar-refractivity contribution is -0.127. The Morgan fingerprint density at radius 2 is 1.77 bits per heavy atom. The van der Waals surface area contributed by atoms with Gasteiger partial charge in [0.2, 0.25) is 5.91 Å². The number of hydrogen-bond acceptors (Lipinski definition) is 3. The Balaban J connectivity index is 2.05. The zero-order valence-corrected chi connectivity index (χ0v) is 16.2. The second-order valence-electron chi connectivity index (χ2n) is 5.83. The van der Waals surface area contributed by atoms with Crippen molar-refractivity contribution in [1.29, 1.82) is 0 Å². The molecule has 0 spiro atoms. The molecule has 0 aliphatic heterocycles. The number of carbonyl (C=O) groups excluding carboxylic acids is 2. The van der Waals surface area contributed by atoms with Crippen molar-refractivity contribution >= 4 is 40.7 Å². The van der Waals surface area contributed by atoms with E-state index >= 15 is 0 Å². The molecule has 2 aromatic rings. The highest BCUT2D eigenvalue weighted by atomic mass is 35.5. The maximum Gasteiger partial charge on any atom is 0.261 e. The standard InChI is InChI=1S/C19H20Cl2N2O3/c1-11(15-9-8-14(20)10-16(15)21)22-19(25)12(2)26-18-7-5-4-6-17(18)23-13(3)24/h4-12H,1-3H3,(H,22,25)(H,23,24)/t11-,12-/m0/s1. The van der Waals surface area contributed by atoms with E-state index in [0.717, 1.165) is 5.56 Å². The Morgan fingerprint density at radius 3 is 2.42 bits per heavy atom. The predicted octanol–water partition coefficient (Wildman–Crippen LogP) is 4.60. The first kappa shape index (κ1) is 20.1. The lowest BCUT2D eigenvalue weighted by Crippen LogP contribution is -2.38. The van der Waals surface area contributed by atoms with Crippen LogP contribution in [0.3, 0.4) is 0 Å². The van der Waals surface area contributed by atoms with E-state index < -0.39 is 6.10 Å². The Hall–Kier alpha value is -2.24. The number of anilines is 1. The van der Waals surface area contributed by atoms with Crippen LogP contribution in [0.5, 0.6) is 5.75 Å². The average Bonchev–Trinajstić information content (AvgIpc) is 2.55. The number of benzene rings is 2. The minimum absolute atomic E-state index is 0.218. The topological polar surface area (TPSA) is 67.4 Å². The van der Waals surface area contributed by atoms with Crippen LogP contribution in [0.4, 0.5) is 5.69 Å². The van der Waals surface area contributed by atoms with Crippen LogP contribution in [0.1, 0.15) is 32.4 Å². The molecule has 138 valence electrons. The Morgan fingerprint density at radius 1 is 1.08 bits per heavy atom. The molecule has 0 aliphatic rings. The van der Waals surface area contributed by atoms with Gasteiger partial charge in [0.05, 0.1) is 11.7 Å². The number of hydrogen-bond donors (Lipinski definition) is 2. The molecule has 0 fully saturated rings. The smallest absolute Gasteiger partial charge is 0.261 e. The molecule has 2 atom stereocenters. The van der Waals surface area contributed by atoms with Crippen molar-refractivity contribution in [2.75, 3.05) is 5.32 Å². The number of carbonyl (C=O) groups is 2. The highest BCUT2D eigenvalue weighted by molar-refractivity contribution is 6.35. The Bertz CT molecular complexity index is 811. The van der Waals surface area contributed by atoms with E-state index in [9.17, 15) is 9.59 Å². The van der Waals surface area contributed by atoms with Gasteiger partial charge in [0.25, 0.3) is 5.91 Å². The maximum absolute atomic E-state index is 12.5. The van der Waals surface area contributed by atoms with Gasteiger partial charge in [-0.2, -0.15) is 0 Å². The van der Waals surface area contributed by atoms with Gasteiger partial charge in [0.15, 0.2) is 6.10 Å². The molecule has 7 heteroatoms. The number of nitrogens with one attached hydrogen (secondary N) is 2. The van der Waals surface area contributed by atoms with Crippen LogP contribution in [0.15, 0.2) is 42.5 Å². The van der Waals surface area contributed by atoms with Crippen molar-refractivity contribution < 1.29 is 14.3 Å². The molecule has 2 aromatic carbocycles. The van der Waals surface area contributed by atoms with Crippen molar-refractivity contribution in [3.05, 3.63) is 58.1 Å². The first-order valence-electron chi connectivity index (χ1n) is 8.06. The van der Waals surface area contributed by atoms with Gasteiger partial charge in [-0.15, -0.1) is 0 Å². The zero-order chi connectivity index (χ0) is 19.3. The van der Waals surface area contributed by atoms with Crippen LogP contribution < -0.4 is 15.4 Å². The van der Waals surface area contributed by atoms with Crippen molar-refractivity contribution in [3.8, 4) is 5.75 Å². The Labute approximate surface area is 162 Å². The van der Waals surface area contributed by atoms with Crippen molar-refractivity contribution in [3.63, 3.8) is 0 Å². The fourth-order valence-electron chi connectivity index (χ4n) is 2.37. The van der Waals surface area contributed by atoms with Crippen LogP contribution in [-0.4, -0.2) is 17.9 Å². The van der Waals surface area contributed by atoms with E-state index in [2.05, 4.69) is 10.6 Å². The minimum Gasteiger partial charge on any atom is -0.479 e. The molecule has 0 aromatic heterocycles. The van der Waals surface area contributed by atoms with Gasteiger partial charge in [0.1, 0.15) is 5.75 Å². The third-order valence-corrected chi connectivity index (χ3v) is 4.22. The summed E-state index contributed by atoms with van der Waals surface area (Å²) < 4.78 is 5.71. The van der Waals surface area contributed by atoms with Crippen LogP contribution in [-0.2, 0) is 9.59 Å². The van der Waals surface area contributed by atoms with E-state index in [0.29, 0.717) is 21.5 Å². The van der Waals surface area contributed by atoms with Crippen LogP contribution in [0.25, 0.3) is 0 Å². The maximum atomic E-state index is 12.5. The molecule has 0 bridgehead atoms. The van der Waals surface area contributed by atoms with Crippen molar-refractivity contribution in [2.45, 2.75) is 32.9 Å². The summed E-state index contributed by atoms with van der Waals surface area (Å²) in [6.45, 7) is 4.87. The quantitative estimate of drug-likeness (QED) is 0.752. The number of para-hydroxylation sites is 2. The van der Waals surface area contributed by atoms with Crippen molar-refractivity contribution in [1.82, 2.24) is 5.32 Å². The summed E-state index contributed by atoms with van der Waals surface area (Å²) in [6, 6.07) is 11.7. The molecule has 2 rings (SSSR count). The van der Waals surface area contributed by atoms with E-state index in [4.69, 9.17) is 27.9 Å². The first-order chi connectivity index (χ1) is 12.3. The van der Waals surface area contributed by atoms with Gasteiger partial charge in [-0.05, 0) is 43.7 Å². The van der Waals surface area contributed by atoms with E-state index in [1.165, 1.54) is 6.92 Å². The highest BCUT2D eigenvalue weighted by Crippen LogP contribution is 2.27. The van der Waals surface area contributed by atoms with Crippen LogP contribution in [0, 0.1) is 0 Å². The molecule has 0 saturated carbocycles. The molecular formula is C19H20Cl2N2O3. The fraction of sp³-hybridized carbons (Fsp3) is 0.263. The third-order valence-electron chi connectivity index (χ3n) is 3.66. The van der Waals surface area contributed by atoms with E-state index in [1.807, 2.05) is 6.92 Å².